The topological polar surface area (TPSA) is 105 Å². The highest BCUT2D eigenvalue weighted by molar-refractivity contribution is 7.89. The van der Waals surface area contributed by atoms with Gasteiger partial charge in [0.05, 0.1) is 11.6 Å². The quantitative estimate of drug-likeness (QED) is 0.619. The Morgan fingerprint density at radius 1 is 1.29 bits per heavy atom. The van der Waals surface area contributed by atoms with Crippen molar-refractivity contribution in [3.05, 3.63) is 46.9 Å². The van der Waals surface area contributed by atoms with Gasteiger partial charge in [-0.05, 0) is 51.0 Å². The Morgan fingerprint density at radius 3 is 2.71 bits per heavy atom. The van der Waals surface area contributed by atoms with Crippen molar-refractivity contribution in [2.45, 2.75) is 31.6 Å². The van der Waals surface area contributed by atoms with Crippen LogP contribution in [0.25, 0.3) is 11.3 Å². The van der Waals surface area contributed by atoms with E-state index in [-0.39, 0.29) is 28.9 Å². The first-order chi connectivity index (χ1) is 14.8. The van der Waals surface area contributed by atoms with Gasteiger partial charge in [-0.3, -0.25) is 4.79 Å². The number of piperidine rings is 1. The first-order valence-corrected chi connectivity index (χ1v) is 12.0. The molecule has 31 heavy (non-hydrogen) atoms. The smallest absolute Gasteiger partial charge is 0.248 e. The molecule has 8 nitrogen and oxygen atoms in total. The van der Waals surface area contributed by atoms with Crippen molar-refractivity contribution in [2.24, 2.45) is 5.92 Å². The summed E-state index contributed by atoms with van der Waals surface area (Å²) in [5, 5.41) is 8.70. The van der Waals surface area contributed by atoms with Gasteiger partial charge in [-0.25, -0.2) is 17.8 Å². The normalized spacial score (nSPS) is 17.6. The minimum Gasteiger partial charge on any atom is -0.360 e. The molecule has 0 radical (unpaired) electrons. The zero-order valence-corrected chi connectivity index (χ0v) is 18.6. The van der Waals surface area contributed by atoms with Crippen molar-refractivity contribution in [3.8, 4) is 11.3 Å². The summed E-state index contributed by atoms with van der Waals surface area (Å²) in [5.41, 5.74) is 1.68. The van der Waals surface area contributed by atoms with Crippen LogP contribution in [0.4, 0.5) is 9.52 Å². The molecule has 1 N–H and O–H groups in total. The van der Waals surface area contributed by atoms with Gasteiger partial charge in [0, 0.05) is 24.0 Å². The third-order valence-electron chi connectivity index (χ3n) is 5.19. The van der Waals surface area contributed by atoms with Crippen LogP contribution in [0.3, 0.4) is 0 Å². The molecular weight excluding hydrogens is 443 g/mol. The van der Waals surface area contributed by atoms with Gasteiger partial charge in [-0.15, -0.1) is 11.3 Å². The molecule has 0 saturated carbocycles. The van der Waals surface area contributed by atoms with Gasteiger partial charge in [0.2, 0.25) is 15.9 Å². The Kier molecular flexibility index (Phi) is 5.91. The molecule has 3 heterocycles. The first kappa shape index (κ1) is 21.6. The molecule has 0 spiro atoms. The summed E-state index contributed by atoms with van der Waals surface area (Å²) < 4.78 is 45.5. The van der Waals surface area contributed by atoms with Crippen molar-refractivity contribution < 1.29 is 22.1 Å². The number of hydrogen-bond donors (Lipinski definition) is 1. The van der Waals surface area contributed by atoms with E-state index >= 15 is 0 Å². The minimum absolute atomic E-state index is 0.0671. The van der Waals surface area contributed by atoms with E-state index in [0.29, 0.717) is 35.9 Å². The highest BCUT2D eigenvalue weighted by Crippen LogP contribution is 2.29. The molecule has 4 rings (SSSR count). The monoisotopic (exact) mass is 464 g/mol. The van der Waals surface area contributed by atoms with Gasteiger partial charge in [-0.1, -0.05) is 5.16 Å². The van der Waals surface area contributed by atoms with Crippen LogP contribution in [0.5, 0.6) is 0 Å². The number of benzene rings is 1. The van der Waals surface area contributed by atoms with Crippen molar-refractivity contribution in [1.29, 1.82) is 0 Å². The van der Waals surface area contributed by atoms with Gasteiger partial charge in [0.15, 0.2) is 10.9 Å². The Labute approximate surface area is 183 Å². The fourth-order valence-corrected chi connectivity index (χ4v) is 6.18. The number of carbonyl (C=O) groups is 1. The number of rotatable bonds is 5. The van der Waals surface area contributed by atoms with Crippen molar-refractivity contribution in [1.82, 2.24) is 14.4 Å². The van der Waals surface area contributed by atoms with Crippen molar-refractivity contribution in [2.75, 3.05) is 18.4 Å². The number of carbonyl (C=O) groups excluding carboxylic acids is 1. The summed E-state index contributed by atoms with van der Waals surface area (Å²) >= 11 is 1.26. The maximum absolute atomic E-state index is 13.1. The molecule has 11 heteroatoms. The minimum atomic E-state index is -3.80. The maximum Gasteiger partial charge on any atom is 0.248 e. The molecule has 1 aliphatic heterocycles. The Bertz CT molecular complexity index is 1180. The first-order valence-electron chi connectivity index (χ1n) is 9.71. The summed E-state index contributed by atoms with van der Waals surface area (Å²) in [4.78, 5) is 17.3. The molecule has 0 aliphatic carbocycles. The lowest BCUT2D eigenvalue weighted by atomic mass is 9.99. The van der Waals surface area contributed by atoms with Gasteiger partial charge < -0.3 is 9.84 Å². The van der Waals surface area contributed by atoms with Crippen LogP contribution >= 0.6 is 11.3 Å². The summed E-state index contributed by atoms with van der Waals surface area (Å²) in [7, 11) is -3.80. The third kappa shape index (κ3) is 4.39. The van der Waals surface area contributed by atoms with Crippen LogP contribution in [-0.2, 0) is 14.8 Å². The molecule has 1 amide bonds. The van der Waals surface area contributed by atoms with E-state index in [0.717, 1.165) is 5.56 Å². The number of anilines is 1. The molecule has 2 aromatic heterocycles. The number of amides is 1. The molecule has 1 fully saturated rings. The zero-order chi connectivity index (χ0) is 22.2. The number of sulfonamides is 1. The predicted octanol–water partition coefficient (Wildman–Crippen LogP) is 3.59. The molecule has 1 saturated heterocycles. The summed E-state index contributed by atoms with van der Waals surface area (Å²) in [6.07, 6.45) is 1.15. The summed E-state index contributed by atoms with van der Waals surface area (Å²) in [6, 6.07) is 5.94. The number of hydrogen-bond acceptors (Lipinski definition) is 7. The second kappa shape index (κ2) is 8.48. The lowest BCUT2D eigenvalue weighted by Gasteiger charge is -2.30. The lowest BCUT2D eigenvalue weighted by Crippen LogP contribution is -2.43. The molecule has 0 bridgehead atoms. The number of aryl methyl sites for hydroxylation is 2. The van der Waals surface area contributed by atoms with Gasteiger partial charge in [0.1, 0.15) is 16.4 Å². The Hall–Kier alpha value is -2.63. The predicted molar refractivity (Wildman–Crippen MR) is 114 cm³/mol. The third-order valence-corrected chi connectivity index (χ3v) is 8.06. The SMILES string of the molecule is Cc1noc(C)c1S(=O)(=O)N1CCCC(C(=O)Nc2nc(-c3ccc(F)cc3)cs2)C1. The van der Waals surface area contributed by atoms with E-state index in [2.05, 4.69) is 15.5 Å². The number of aromatic nitrogens is 2. The van der Waals surface area contributed by atoms with E-state index < -0.39 is 15.9 Å². The molecular formula is C20H21FN4O4S2. The maximum atomic E-state index is 13.1. The van der Waals surface area contributed by atoms with Crippen LogP contribution in [0, 0.1) is 25.6 Å². The van der Waals surface area contributed by atoms with Gasteiger partial charge in [-0.2, -0.15) is 4.31 Å². The Balaban J connectivity index is 1.45. The van der Waals surface area contributed by atoms with E-state index in [9.17, 15) is 17.6 Å². The standard InChI is InChI=1S/C20H21FN4O4S2/c1-12-18(13(2)29-24-12)31(27,28)25-9-3-4-15(10-25)19(26)23-20-22-17(11-30-20)14-5-7-16(21)8-6-14/h5-8,11,15H,3-4,9-10H2,1-2H3,(H,22,23,26). The number of nitrogens with zero attached hydrogens (tertiary/aromatic N) is 3. The second-order valence-electron chi connectivity index (χ2n) is 7.39. The molecule has 164 valence electrons. The molecule has 1 unspecified atom stereocenters. The molecule has 1 aliphatic rings. The van der Waals surface area contributed by atoms with Crippen molar-refractivity contribution >= 4 is 32.4 Å². The van der Waals surface area contributed by atoms with E-state index in [1.807, 2.05) is 0 Å². The average Bonchev–Trinajstić information content (AvgIpc) is 3.35. The molecule has 3 aromatic rings. The second-order valence-corrected chi connectivity index (χ2v) is 10.1. The number of nitrogens with one attached hydrogen (secondary N) is 1. The van der Waals surface area contributed by atoms with Crippen LogP contribution in [0.2, 0.25) is 0 Å². The number of thiazole rings is 1. The van der Waals surface area contributed by atoms with Crippen LogP contribution < -0.4 is 5.32 Å². The molecule has 1 atom stereocenters. The van der Waals surface area contributed by atoms with Gasteiger partial charge >= 0.3 is 0 Å². The summed E-state index contributed by atoms with van der Waals surface area (Å²) in [6.45, 7) is 3.55. The van der Waals surface area contributed by atoms with Crippen LogP contribution in [0.15, 0.2) is 39.1 Å². The van der Waals surface area contributed by atoms with Crippen LogP contribution in [0.1, 0.15) is 24.3 Å². The lowest BCUT2D eigenvalue weighted by molar-refractivity contribution is -0.120. The molecule has 1 aromatic carbocycles. The van der Waals surface area contributed by atoms with E-state index in [4.69, 9.17) is 4.52 Å². The van der Waals surface area contributed by atoms with Gasteiger partial charge in [0.25, 0.3) is 0 Å². The fourth-order valence-electron chi connectivity index (χ4n) is 3.64. The average molecular weight is 465 g/mol. The summed E-state index contributed by atoms with van der Waals surface area (Å²) in [5.74, 6) is -0.873. The van der Waals surface area contributed by atoms with Crippen molar-refractivity contribution in [3.63, 3.8) is 0 Å². The zero-order valence-electron chi connectivity index (χ0n) is 17.0. The van der Waals surface area contributed by atoms with Crippen LogP contribution in [-0.4, -0.2) is 41.9 Å². The highest BCUT2D eigenvalue weighted by Gasteiger charge is 2.36. The van der Waals surface area contributed by atoms with E-state index in [1.165, 1.54) is 27.8 Å². The highest BCUT2D eigenvalue weighted by atomic mass is 32.2. The Morgan fingerprint density at radius 2 is 2.03 bits per heavy atom. The largest absolute Gasteiger partial charge is 0.360 e. The van der Waals surface area contributed by atoms with E-state index in [1.54, 1.807) is 31.4 Å². The number of halogens is 1. The fraction of sp³-hybridized carbons (Fsp3) is 0.350.